The van der Waals surface area contributed by atoms with E-state index >= 15 is 0 Å². The number of aryl methyl sites for hydroxylation is 1. The summed E-state index contributed by atoms with van der Waals surface area (Å²) in [6, 6.07) is 8.81. The molecule has 0 saturated carbocycles. The molecule has 0 unspecified atom stereocenters. The summed E-state index contributed by atoms with van der Waals surface area (Å²) in [6.45, 7) is 11.6. The van der Waals surface area contributed by atoms with Crippen LogP contribution < -0.4 is 4.90 Å². The summed E-state index contributed by atoms with van der Waals surface area (Å²) in [5.41, 5.74) is 2.93. The lowest BCUT2D eigenvalue weighted by Gasteiger charge is -2.34. The van der Waals surface area contributed by atoms with E-state index in [1.165, 1.54) is 61.4 Å². The Hall–Kier alpha value is -1.43. The van der Waals surface area contributed by atoms with Crippen molar-refractivity contribution < 1.29 is 0 Å². The van der Waals surface area contributed by atoms with Crippen LogP contribution in [0.5, 0.6) is 0 Å². The van der Waals surface area contributed by atoms with Crippen LogP contribution in [0.3, 0.4) is 0 Å². The van der Waals surface area contributed by atoms with E-state index in [1.54, 1.807) is 0 Å². The summed E-state index contributed by atoms with van der Waals surface area (Å²) in [5.74, 6) is 0.830. The monoisotopic (exact) mass is 400 g/mol. The number of thiazole rings is 1. The fraction of sp³-hybridized carbons (Fsp3) is 0.609. The molecule has 1 aromatic heterocycles. The average molecular weight is 401 g/mol. The van der Waals surface area contributed by atoms with E-state index in [1.807, 2.05) is 11.3 Å². The smallest absolute Gasteiger partial charge is 0.185 e. The second-order valence-corrected chi connectivity index (χ2v) is 9.39. The van der Waals surface area contributed by atoms with Gasteiger partial charge in [0.15, 0.2) is 5.13 Å². The maximum atomic E-state index is 4.52. The van der Waals surface area contributed by atoms with Crippen LogP contribution >= 0.6 is 11.3 Å². The van der Waals surface area contributed by atoms with E-state index in [-0.39, 0.29) is 0 Å². The molecule has 1 aliphatic rings. The van der Waals surface area contributed by atoms with Gasteiger partial charge in [0.2, 0.25) is 0 Å². The highest BCUT2D eigenvalue weighted by Gasteiger charge is 2.21. The van der Waals surface area contributed by atoms with Gasteiger partial charge in [-0.3, -0.25) is 4.90 Å². The molecule has 0 amide bonds. The van der Waals surface area contributed by atoms with Gasteiger partial charge in [0.05, 0.1) is 0 Å². The number of aromatic nitrogens is 1. The molecule has 154 valence electrons. The minimum absolute atomic E-state index is 0.830. The van der Waals surface area contributed by atoms with E-state index in [9.17, 15) is 0 Å². The lowest BCUT2D eigenvalue weighted by Crippen LogP contribution is -2.39. The molecular formula is C23H36N4S. The van der Waals surface area contributed by atoms with Gasteiger partial charge in [-0.15, -0.1) is 11.3 Å². The van der Waals surface area contributed by atoms with Crippen molar-refractivity contribution in [1.29, 1.82) is 0 Å². The normalized spacial score (nSPS) is 16.0. The quantitative estimate of drug-likeness (QED) is 0.626. The first kappa shape index (κ1) is 21.3. The number of piperidine rings is 1. The number of likely N-dealkylation sites (tertiary alicyclic amines) is 1. The first-order valence-corrected chi connectivity index (χ1v) is 11.5. The van der Waals surface area contributed by atoms with Crippen LogP contribution in [0.4, 0.5) is 5.13 Å². The molecule has 3 rings (SSSR count). The maximum absolute atomic E-state index is 4.52. The molecule has 2 aromatic rings. The second-order valence-electron chi connectivity index (χ2n) is 8.29. The topological polar surface area (TPSA) is 22.6 Å². The van der Waals surface area contributed by atoms with Gasteiger partial charge >= 0.3 is 0 Å². The van der Waals surface area contributed by atoms with E-state index in [4.69, 9.17) is 0 Å². The Kier molecular flexibility index (Phi) is 7.89. The first-order valence-electron chi connectivity index (χ1n) is 10.7. The highest BCUT2D eigenvalue weighted by molar-refractivity contribution is 7.15. The zero-order valence-corrected chi connectivity index (χ0v) is 18.8. The number of nitrogens with zero attached hydrogens (tertiary/aromatic N) is 4. The van der Waals surface area contributed by atoms with Gasteiger partial charge in [-0.05, 0) is 62.9 Å². The third kappa shape index (κ3) is 6.03. The third-order valence-electron chi connectivity index (χ3n) is 5.93. The lowest BCUT2D eigenvalue weighted by molar-refractivity contribution is 0.144. The van der Waals surface area contributed by atoms with E-state index in [2.05, 4.69) is 78.1 Å². The predicted molar refractivity (Wildman–Crippen MR) is 121 cm³/mol. The van der Waals surface area contributed by atoms with Crippen molar-refractivity contribution in [2.24, 2.45) is 5.92 Å². The van der Waals surface area contributed by atoms with Crippen molar-refractivity contribution >= 4 is 16.5 Å². The summed E-state index contributed by atoms with van der Waals surface area (Å²) in [4.78, 5) is 13.2. The van der Waals surface area contributed by atoms with Crippen LogP contribution in [0, 0.1) is 12.8 Å². The maximum Gasteiger partial charge on any atom is 0.185 e. The van der Waals surface area contributed by atoms with Crippen molar-refractivity contribution in [2.75, 3.05) is 51.7 Å². The van der Waals surface area contributed by atoms with Gasteiger partial charge < -0.3 is 9.80 Å². The lowest BCUT2D eigenvalue weighted by atomic mass is 9.95. The van der Waals surface area contributed by atoms with Crippen LogP contribution in [-0.4, -0.2) is 61.6 Å². The number of hydrogen-bond acceptors (Lipinski definition) is 5. The van der Waals surface area contributed by atoms with Crippen LogP contribution in [0.25, 0.3) is 0 Å². The van der Waals surface area contributed by atoms with Gasteiger partial charge in [-0.2, -0.15) is 0 Å². The minimum Gasteiger partial charge on any atom is -0.354 e. The van der Waals surface area contributed by atoms with Crippen LogP contribution in [0.2, 0.25) is 0 Å². The Labute approximate surface area is 175 Å². The van der Waals surface area contributed by atoms with Crippen LogP contribution in [0.15, 0.2) is 30.5 Å². The van der Waals surface area contributed by atoms with Crippen molar-refractivity contribution in [2.45, 2.75) is 39.7 Å². The molecule has 0 bridgehead atoms. The van der Waals surface area contributed by atoms with Gasteiger partial charge in [0, 0.05) is 44.8 Å². The Morgan fingerprint density at radius 3 is 2.57 bits per heavy atom. The molecule has 1 aliphatic heterocycles. The second kappa shape index (κ2) is 10.4. The fourth-order valence-electron chi connectivity index (χ4n) is 4.03. The van der Waals surface area contributed by atoms with E-state index < -0.39 is 0 Å². The van der Waals surface area contributed by atoms with E-state index in [0.29, 0.717) is 0 Å². The van der Waals surface area contributed by atoms with Crippen molar-refractivity contribution in [3.8, 4) is 0 Å². The molecule has 0 aliphatic carbocycles. The number of benzene rings is 1. The Bertz CT molecular complexity index is 719. The molecule has 5 heteroatoms. The van der Waals surface area contributed by atoms with Gasteiger partial charge in [0.25, 0.3) is 0 Å². The van der Waals surface area contributed by atoms with Crippen molar-refractivity contribution in [3.05, 3.63) is 46.5 Å². The van der Waals surface area contributed by atoms with Gasteiger partial charge in [-0.25, -0.2) is 4.98 Å². The number of anilines is 1. The molecule has 0 radical (unpaired) electrons. The summed E-state index contributed by atoms with van der Waals surface area (Å²) in [7, 11) is 4.13. The summed E-state index contributed by atoms with van der Waals surface area (Å²) >= 11 is 1.82. The van der Waals surface area contributed by atoms with Crippen molar-refractivity contribution in [3.63, 3.8) is 0 Å². The Morgan fingerprint density at radius 1 is 1.18 bits per heavy atom. The zero-order chi connectivity index (χ0) is 19.9. The van der Waals surface area contributed by atoms with Crippen molar-refractivity contribution in [1.82, 2.24) is 14.8 Å². The standard InChI is InChI=1S/C23H36N4S/c1-5-26(18-22-16-24-23(28-22)25(3)4)17-20-10-13-27(14-11-20)15-12-21-9-7-6-8-19(21)2/h6-9,16,20H,5,10-15,17-18H2,1-4H3. The Morgan fingerprint density at radius 2 is 1.93 bits per heavy atom. The number of rotatable bonds is 9. The molecular weight excluding hydrogens is 364 g/mol. The zero-order valence-electron chi connectivity index (χ0n) is 18.0. The molecule has 1 fully saturated rings. The SMILES string of the molecule is CCN(Cc1cnc(N(C)C)s1)CC1CCN(CCc2ccccc2C)CC1. The molecule has 2 heterocycles. The number of hydrogen-bond donors (Lipinski definition) is 0. The largest absolute Gasteiger partial charge is 0.354 e. The van der Waals surface area contributed by atoms with Crippen LogP contribution in [0.1, 0.15) is 35.8 Å². The summed E-state index contributed by atoms with van der Waals surface area (Å²) < 4.78 is 0. The van der Waals surface area contributed by atoms with Gasteiger partial charge in [-0.1, -0.05) is 31.2 Å². The summed E-state index contributed by atoms with van der Waals surface area (Å²) in [6.07, 6.45) is 5.89. The molecule has 0 spiro atoms. The highest BCUT2D eigenvalue weighted by atomic mass is 32.1. The molecule has 28 heavy (non-hydrogen) atoms. The van der Waals surface area contributed by atoms with Gasteiger partial charge in [0.1, 0.15) is 0 Å². The molecule has 4 nitrogen and oxygen atoms in total. The fourth-order valence-corrected chi connectivity index (χ4v) is 4.90. The molecule has 1 aromatic carbocycles. The molecule has 0 N–H and O–H groups in total. The summed E-state index contributed by atoms with van der Waals surface area (Å²) in [5, 5.41) is 1.10. The Balaban J connectivity index is 1.41. The average Bonchev–Trinajstić information content (AvgIpc) is 3.17. The van der Waals surface area contributed by atoms with E-state index in [0.717, 1.165) is 24.1 Å². The van der Waals surface area contributed by atoms with Crippen LogP contribution in [-0.2, 0) is 13.0 Å². The highest BCUT2D eigenvalue weighted by Crippen LogP contribution is 2.24. The first-order chi connectivity index (χ1) is 13.5. The predicted octanol–water partition coefficient (Wildman–Crippen LogP) is 4.29. The minimum atomic E-state index is 0.830. The molecule has 0 atom stereocenters. The molecule has 1 saturated heterocycles. The third-order valence-corrected chi connectivity index (χ3v) is 7.08.